The molecule has 1 saturated heterocycles. The van der Waals surface area contributed by atoms with Crippen molar-refractivity contribution in [1.82, 2.24) is 20.0 Å². The van der Waals surface area contributed by atoms with Gasteiger partial charge in [-0.05, 0) is 36.9 Å². The van der Waals surface area contributed by atoms with Gasteiger partial charge in [0.05, 0.1) is 0 Å². The molecule has 0 spiro atoms. The molecule has 1 aliphatic heterocycles. The highest BCUT2D eigenvalue weighted by molar-refractivity contribution is 14.0. The van der Waals surface area contributed by atoms with Crippen molar-refractivity contribution in [3.05, 3.63) is 35.4 Å². The fraction of sp³-hybridized carbons (Fsp3) is 0.696. The smallest absolute Gasteiger partial charge is 0.193 e. The van der Waals surface area contributed by atoms with E-state index in [0.29, 0.717) is 5.92 Å². The van der Waals surface area contributed by atoms with Gasteiger partial charge in [0.2, 0.25) is 0 Å². The minimum Gasteiger partial charge on any atom is -0.357 e. The van der Waals surface area contributed by atoms with Crippen LogP contribution in [-0.2, 0) is 13.0 Å². The van der Waals surface area contributed by atoms with E-state index in [0.717, 1.165) is 38.6 Å². The highest BCUT2D eigenvalue weighted by Crippen LogP contribution is 2.09. The molecule has 1 heterocycles. The number of hydrogen-bond donors (Lipinski definition) is 1. The van der Waals surface area contributed by atoms with Gasteiger partial charge in [-0.1, -0.05) is 45.0 Å². The van der Waals surface area contributed by atoms with Crippen LogP contribution in [0.3, 0.4) is 0 Å². The molecule has 6 heteroatoms. The first-order valence-electron chi connectivity index (χ1n) is 11.1. The zero-order valence-corrected chi connectivity index (χ0v) is 21.5. The van der Waals surface area contributed by atoms with Gasteiger partial charge in [-0.15, -0.1) is 24.0 Å². The van der Waals surface area contributed by atoms with E-state index < -0.39 is 0 Å². The molecular formula is C23H42IN5. The summed E-state index contributed by atoms with van der Waals surface area (Å²) in [6, 6.07) is 8.93. The van der Waals surface area contributed by atoms with E-state index in [4.69, 9.17) is 4.99 Å². The standard InChI is InChI=1S/C23H41N5.HI/c1-6-21-9-11-22(12-10-21)19-26(5)23(24-7-2)25-17-20(4)18-28-15-13-27(8-3)14-16-28;/h9-12,20H,6-8,13-19H2,1-5H3,(H,24,25);1H. The van der Waals surface area contributed by atoms with Crippen molar-refractivity contribution in [2.75, 3.05) is 59.4 Å². The van der Waals surface area contributed by atoms with Gasteiger partial charge < -0.3 is 20.0 Å². The molecule has 1 aromatic rings. The van der Waals surface area contributed by atoms with Gasteiger partial charge in [0.25, 0.3) is 0 Å². The topological polar surface area (TPSA) is 34.1 Å². The SMILES string of the molecule is CCNC(=NCC(C)CN1CCN(CC)CC1)N(C)Cc1ccc(CC)cc1.I. The fourth-order valence-corrected chi connectivity index (χ4v) is 3.73. The molecule has 0 bridgehead atoms. The zero-order chi connectivity index (χ0) is 20.4. The number of nitrogens with one attached hydrogen (secondary N) is 1. The average molecular weight is 516 g/mol. The number of aryl methyl sites for hydroxylation is 1. The van der Waals surface area contributed by atoms with Crippen molar-refractivity contribution in [2.24, 2.45) is 10.9 Å². The first-order valence-corrected chi connectivity index (χ1v) is 11.1. The van der Waals surface area contributed by atoms with Crippen LogP contribution in [0.5, 0.6) is 0 Å². The van der Waals surface area contributed by atoms with E-state index in [1.54, 1.807) is 0 Å². The van der Waals surface area contributed by atoms with Crippen molar-refractivity contribution in [2.45, 2.75) is 40.7 Å². The maximum atomic E-state index is 4.93. The minimum atomic E-state index is 0. The maximum Gasteiger partial charge on any atom is 0.193 e. The van der Waals surface area contributed by atoms with Gasteiger partial charge in [0.15, 0.2) is 5.96 Å². The summed E-state index contributed by atoms with van der Waals surface area (Å²) in [5.41, 5.74) is 2.72. The number of hydrogen-bond acceptors (Lipinski definition) is 3. The third kappa shape index (κ3) is 9.22. The second kappa shape index (κ2) is 14.2. The molecule has 1 unspecified atom stereocenters. The van der Waals surface area contributed by atoms with Crippen molar-refractivity contribution in [1.29, 1.82) is 0 Å². The Morgan fingerprint density at radius 1 is 1.03 bits per heavy atom. The summed E-state index contributed by atoms with van der Waals surface area (Å²) >= 11 is 0. The summed E-state index contributed by atoms with van der Waals surface area (Å²) in [5.74, 6) is 1.57. The van der Waals surface area contributed by atoms with Crippen LogP contribution in [0.4, 0.5) is 0 Å². The lowest BCUT2D eigenvalue weighted by Gasteiger charge is -2.35. The number of aliphatic imine (C=N–C) groups is 1. The molecular weight excluding hydrogens is 473 g/mol. The number of benzene rings is 1. The Morgan fingerprint density at radius 3 is 2.17 bits per heavy atom. The second-order valence-electron chi connectivity index (χ2n) is 8.06. The largest absolute Gasteiger partial charge is 0.357 e. The van der Waals surface area contributed by atoms with Crippen LogP contribution in [0, 0.1) is 5.92 Å². The summed E-state index contributed by atoms with van der Waals surface area (Å²) in [5, 5.41) is 3.45. The highest BCUT2D eigenvalue weighted by Gasteiger charge is 2.17. The molecule has 1 atom stereocenters. The van der Waals surface area contributed by atoms with Gasteiger partial charge in [-0.25, -0.2) is 0 Å². The zero-order valence-electron chi connectivity index (χ0n) is 19.2. The summed E-state index contributed by atoms with van der Waals surface area (Å²) in [6.45, 7) is 18.7. The maximum absolute atomic E-state index is 4.93. The lowest BCUT2D eigenvalue weighted by molar-refractivity contribution is 0.125. The van der Waals surface area contributed by atoms with Crippen molar-refractivity contribution in [3.8, 4) is 0 Å². The molecule has 1 aliphatic rings. The van der Waals surface area contributed by atoms with E-state index in [2.05, 4.69) is 79.0 Å². The molecule has 0 radical (unpaired) electrons. The molecule has 0 amide bonds. The van der Waals surface area contributed by atoms with Gasteiger partial charge in [-0.2, -0.15) is 0 Å². The van der Waals surface area contributed by atoms with Crippen LogP contribution in [0.1, 0.15) is 38.8 Å². The molecule has 0 aromatic heterocycles. The van der Waals surface area contributed by atoms with E-state index in [-0.39, 0.29) is 24.0 Å². The molecule has 1 N–H and O–H groups in total. The summed E-state index contributed by atoms with van der Waals surface area (Å²) in [6.07, 6.45) is 1.09. The summed E-state index contributed by atoms with van der Waals surface area (Å²) < 4.78 is 0. The lowest BCUT2D eigenvalue weighted by atomic mass is 10.1. The number of piperazine rings is 1. The molecule has 5 nitrogen and oxygen atoms in total. The van der Waals surface area contributed by atoms with Crippen LogP contribution >= 0.6 is 24.0 Å². The first-order chi connectivity index (χ1) is 13.5. The van der Waals surface area contributed by atoms with Gasteiger partial charge in [-0.3, -0.25) is 4.99 Å². The number of rotatable bonds is 9. The Kier molecular flexibility index (Phi) is 12.8. The molecule has 166 valence electrons. The Hall–Kier alpha value is -0.860. The Balaban J connectivity index is 0.00000420. The van der Waals surface area contributed by atoms with E-state index in [1.165, 1.54) is 43.9 Å². The first kappa shape index (κ1) is 26.2. The van der Waals surface area contributed by atoms with Gasteiger partial charge in [0.1, 0.15) is 0 Å². The van der Waals surface area contributed by atoms with Crippen LogP contribution in [-0.4, -0.2) is 80.1 Å². The molecule has 1 fully saturated rings. The third-order valence-corrected chi connectivity index (χ3v) is 5.58. The van der Waals surface area contributed by atoms with Crippen molar-refractivity contribution < 1.29 is 0 Å². The fourth-order valence-electron chi connectivity index (χ4n) is 3.73. The molecule has 0 aliphatic carbocycles. The van der Waals surface area contributed by atoms with Gasteiger partial charge in [0, 0.05) is 59.4 Å². The Morgan fingerprint density at radius 2 is 1.62 bits per heavy atom. The van der Waals surface area contributed by atoms with Crippen molar-refractivity contribution >= 4 is 29.9 Å². The molecule has 1 aromatic carbocycles. The second-order valence-corrected chi connectivity index (χ2v) is 8.06. The lowest BCUT2D eigenvalue weighted by Crippen LogP contribution is -2.47. The van der Waals surface area contributed by atoms with Crippen LogP contribution in [0.25, 0.3) is 0 Å². The van der Waals surface area contributed by atoms with Crippen LogP contribution < -0.4 is 5.32 Å². The quantitative estimate of drug-likeness (QED) is 0.310. The molecule has 0 saturated carbocycles. The van der Waals surface area contributed by atoms with Gasteiger partial charge >= 0.3 is 0 Å². The Labute approximate surface area is 195 Å². The van der Waals surface area contributed by atoms with Crippen LogP contribution in [0.2, 0.25) is 0 Å². The minimum absolute atomic E-state index is 0. The number of likely N-dealkylation sites (N-methyl/N-ethyl adjacent to an activating group) is 1. The monoisotopic (exact) mass is 515 g/mol. The predicted octanol–water partition coefficient (Wildman–Crippen LogP) is 3.54. The number of nitrogens with zero attached hydrogens (tertiary/aromatic N) is 4. The third-order valence-electron chi connectivity index (χ3n) is 5.58. The number of guanidine groups is 1. The summed E-state index contributed by atoms with van der Waals surface area (Å²) in [7, 11) is 2.13. The predicted molar refractivity (Wildman–Crippen MR) is 136 cm³/mol. The average Bonchev–Trinajstić information content (AvgIpc) is 2.72. The normalized spacial score (nSPS) is 16.9. The van der Waals surface area contributed by atoms with E-state index >= 15 is 0 Å². The molecule has 2 rings (SSSR count). The Bertz CT molecular complexity index is 581. The summed E-state index contributed by atoms with van der Waals surface area (Å²) in [4.78, 5) is 12.3. The van der Waals surface area contributed by atoms with Crippen molar-refractivity contribution in [3.63, 3.8) is 0 Å². The number of halogens is 1. The molecule has 29 heavy (non-hydrogen) atoms. The van der Waals surface area contributed by atoms with Crippen LogP contribution in [0.15, 0.2) is 29.3 Å². The highest BCUT2D eigenvalue weighted by atomic mass is 127. The van der Waals surface area contributed by atoms with E-state index in [9.17, 15) is 0 Å². The van der Waals surface area contributed by atoms with E-state index in [1.807, 2.05) is 0 Å².